The molecule has 1 fully saturated rings. The summed E-state index contributed by atoms with van der Waals surface area (Å²) in [4.78, 5) is 25.5. The quantitative estimate of drug-likeness (QED) is 0.803. The molecule has 1 aliphatic rings. The van der Waals surface area contributed by atoms with Crippen LogP contribution in [0.25, 0.3) is 0 Å². The number of rotatable bonds is 5. The van der Waals surface area contributed by atoms with Gasteiger partial charge >= 0.3 is 5.97 Å². The maximum absolute atomic E-state index is 13.9. The van der Waals surface area contributed by atoms with Crippen LogP contribution in [-0.2, 0) is 19.1 Å². The third kappa shape index (κ3) is 4.46. The lowest BCUT2D eigenvalue weighted by molar-refractivity contribution is -0.143. The van der Waals surface area contributed by atoms with Gasteiger partial charge in [0.2, 0.25) is 5.91 Å². The molecule has 6 nitrogen and oxygen atoms in total. The number of amides is 1. The Balaban J connectivity index is 2.08. The molecule has 1 aliphatic heterocycles. The van der Waals surface area contributed by atoms with E-state index in [0.29, 0.717) is 26.3 Å². The molecule has 1 atom stereocenters. The molecule has 1 saturated heterocycles. The number of ether oxygens (including phenoxy) is 2. The second kappa shape index (κ2) is 7.98. The summed E-state index contributed by atoms with van der Waals surface area (Å²) in [5.74, 6) is -2.49. The molecular weight excluding hydrogens is 310 g/mol. The number of halogens is 2. The van der Waals surface area contributed by atoms with Gasteiger partial charge in [-0.3, -0.25) is 10.1 Å². The van der Waals surface area contributed by atoms with Crippen molar-refractivity contribution < 1.29 is 27.8 Å². The maximum atomic E-state index is 13.9. The summed E-state index contributed by atoms with van der Waals surface area (Å²) in [7, 11) is 1.14. The van der Waals surface area contributed by atoms with Crippen LogP contribution in [0.15, 0.2) is 18.2 Å². The van der Waals surface area contributed by atoms with E-state index in [1.54, 1.807) is 4.90 Å². The molecule has 1 aromatic carbocycles. The van der Waals surface area contributed by atoms with Gasteiger partial charge in [-0.15, -0.1) is 0 Å². The monoisotopic (exact) mass is 328 g/mol. The molecule has 126 valence electrons. The number of nitrogens with one attached hydrogen (secondary N) is 1. The van der Waals surface area contributed by atoms with Gasteiger partial charge in [-0.1, -0.05) is 0 Å². The minimum Gasteiger partial charge on any atom is -0.468 e. The first-order chi connectivity index (χ1) is 11.0. The van der Waals surface area contributed by atoms with Gasteiger partial charge in [-0.25, -0.2) is 13.6 Å². The number of morpholine rings is 1. The number of esters is 1. The predicted molar refractivity (Wildman–Crippen MR) is 76.5 cm³/mol. The van der Waals surface area contributed by atoms with E-state index in [4.69, 9.17) is 4.74 Å². The van der Waals surface area contributed by atoms with E-state index in [2.05, 4.69) is 10.1 Å². The third-order valence-electron chi connectivity index (χ3n) is 3.53. The Morgan fingerprint density at radius 1 is 1.35 bits per heavy atom. The molecule has 1 heterocycles. The van der Waals surface area contributed by atoms with Crippen LogP contribution in [0, 0.1) is 11.6 Å². The lowest BCUT2D eigenvalue weighted by atomic mass is 10.1. The summed E-state index contributed by atoms with van der Waals surface area (Å²) in [6, 6.07) is 1.52. The smallest absolute Gasteiger partial charge is 0.327 e. The molecule has 0 aromatic heterocycles. The van der Waals surface area contributed by atoms with Crippen LogP contribution in [0.2, 0.25) is 0 Å². The highest BCUT2D eigenvalue weighted by Gasteiger charge is 2.26. The van der Waals surface area contributed by atoms with Crippen molar-refractivity contribution in [2.75, 3.05) is 40.0 Å². The normalized spacial score (nSPS) is 16.0. The summed E-state index contributed by atoms with van der Waals surface area (Å²) < 4.78 is 37.0. The fraction of sp³-hybridized carbons (Fsp3) is 0.467. The van der Waals surface area contributed by atoms with Crippen molar-refractivity contribution in [2.24, 2.45) is 0 Å². The Bertz CT molecular complexity index is 577. The molecule has 23 heavy (non-hydrogen) atoms. The van der Waals surface area contributed by atoms with E-state index in [-0.39, 0.29) is 18.0 Å². The van der Waals surface area contributed by atoms with Crippen LogP contribution in [0.3, 0.4) is 0 Å². The van der Waals surface area contributed by atoms with Crippen LogP contribution in [0.4, 0.5) is 8.78 Å². The average molecular weight is 328 g/mol. The SMILES string of the molecule is COC(=O)[C@H](NCC(=O)N1CCOCC1)c1cc(F)ccc1F. The molecule has 2 rings (SSSR count). The first-order valence-electron chi connectivity index (χ1n) is 7.14. The second-order valence-corrected chi connectivity index (χ2v) is 5.00. The zero-order chi connectivity index (χ0) is 16.8. The number of benzene rings is 1. The minimum absolute atomic E-state index is 0.199. The molecule has 0 spiro atoms. The summed E-state index contributed by atoms with van der Waals surface area (Å²) in [6.45, 7) is 1.61. The van der Waals surface area contributed by atoms with Gasteiger partial charge in [0.1, 0.15) is 17.7 Å². The number of methoxy groups -OCH3 is 1. The number of hydrogen-bond donors (Lipinski definition) is 1. The fourth-order valence-corrected chi connectivity index (χ4v) is 2.29. The van der Waals surface area contributed by atoms with Crippen molar-refractivity contribution >= 4 is 11.9 Å². The van der Waals surface area contributed by atoms with Gasteiger partial charge in [-0.2, -0.15) is 0 Å². The topological polar surface area (TPSA) is 67.9 Å². The molecule has 0 saturated carbocycles. The van der Waals surface area contributed by atoms with E-state index < -0.39 is 23.6 Å². The predicted octanol–water partition coefficient (Wildman–Crippen LogP) is 0.627. The van der Waals surface area contributed by atoms with Gasteiger partial charge in [0.15, 0.2) is 0 Å². The molecule has 1 aromatic rings. The van der Waals surface area contributed by atoms with Crippen LogP contribution >= 0.6 is 0 Å². The molecule has 8 heteroatoms. The number of hydrogen-bond acceptors (Lipinski definition) is 5. The van der Waals surface area contributed by atoms with Crippen molar-refractivity contribution in [3.8, 4) is 0 Å². The Labute approximate surface area is 132 Å². The van der Waals surface area contributed by atoms with E-state index in [0.717, 1.165) is 25.3 Å². The summed E-state index contributed by atoms with van der Waals surface area (Å²) in [6.07, 6.45) is 0. The van der Waals surface area contributed by atoms with Gasteiger partial charge < -0.3 is 14.4 Å². The van der Waals surface area contributed by atoms with Crippen LogP contribution in [-0.4, -0.2) is 56.7 Å². The lowest BCUT2D eigenvalue weighted by Gasteiger charge is -2.27. The molecule has 1 amide bonds. The van der Waals surface area contributed by atoms with Crippen molar-refractivity contribution in [3.63, 3.8) is 0 Å². The van der Waals surface area contributed by atoms with Crippen molar-refractivity contribution in [1.29, 1.82) is 0 Å². The molecule has 0 unspecified atom stereocenters. The van der Waals surface area contributed by atoms with Crippen LogP contribution in [0.5, 0.6) is 0 Å². The molecule has 1 N–H and O–H groups in total. The Hall–Kier alpha value is -2.06. The van der Waals surface area contributed by atoms with E-state index in [1.165, 1.54) is 0 Å². The number of carbonyl (C=O) groups excluding carboxylic acids is 2. The van der Waals surface area contributed by atoms with E-state index in [9.17, 15) is 18.4 Å². The standard InChI is InChI=1S/C15H18F2N2O4/c1-22-15(21)14(11-8-10(16)2-3-12(11)17)18-9-13(20)19-4-6-23-7-5-19/h2-3,8,14,18H,4-7,9H2,1H3/t14-/m1/s1. The second-order valence-electron chi connectivity index (χ2n) is 5.00. The van der Waals surface area contributed by atoms with Gasteiger partial charge in [0.05, 0.1) is 26.9 Å². The highest BCUT2D eigenvalue weighted by Crippen LogP contribution is 2.19. The zero-order valence-electron chi connectivity index (χ0n) is 12.7. The lowest BCUT2D eigenvalue weighted by Crippen LogP contribution is -2.46. The molecular formula is C15H18F2N2O4. The molecule has 0 radical (unpaired) electrons. The Morgan fingerprint density at radius 2 is 2.04 bits per heavy atom. The van der Waals surface area contributed by atoms with Gasteiger partial charge in [-0.05, 0) is 18.2 Å². The largest absolute Gasteiger partial charge is 0.468 e. The Morgan fingerprint density at radius 3 is 2.70 bits per heavy atom. The first kappa shape index (κ1) is 17.3. The van der Waals surface area contributed by atoms with Gasteiger partial charge in [0, 0.05) is 18.7 Å². The van der Waals surface area contributed by atoms with E-state index in [1.807, 2.05) is 0 Å². The van der Waals surface area contributed by atoms with Crippen LogP contribution < -0.4 is 5.32 Å². The molecule has 0 aliphatic carbocycles. The summed E-state index contributed by atoms with van der Waals surface area (Å²) in [5.41, 5.74) is -0.202. The van der Waals surface area contributed by atoms with Crippen molar-refractivity contribution in [1.82, 2.24) is 10.2 Å². The average Bonchev–Trinajstić information content (AvgIpc) is 2.58. The first-order valence-corrected chi connectivity index (χ1v) is 7.14. The number of carbonyl (C=O) groups is 2. The minimum atomic E-state index is -1.26. The summed E-state index contributed by atoms with van der Waals surface area (Å²) >= 11 is 0. The molecule has 0 bridgehead atoms. The van der Waals surface area contributed by atoms with E-state index >= 15 is 0 Å². The Kier molecular flexibility index (Phi) is 6.00. The van der Waals surface area contributed by atoms with Crippen molar-refractivity contribution in [2.45, 2.75) is 6.04 Å². The maximum Gasteiger partial charge on any atom is 0.327 e. The highest BCUT2D eigenvalue weighted by atomic mass is 19.1. The fourth-order valence-electron chi connectivity index (χ4n) is 2.29. The number of nitrogens with zero attached hydrogens (tertiary/aromatic N) is 1. The van der Waals surface area contributed by atoms with Gasteiger partial charge in [0.25, 0.3) is 0 Å². The zero-order valence-corrected chi connectivity index (χ0v) is 12.7. The summed E-state index contributed by atoms with van der Waals surface area (Å²) in [5, 5.41) is 2.64. The van der Waals surface area contributed by atoms with Crippen molar-refractivity contribution in [3.05, 3.63) is 35.4 Å². The highest BCUT2D eigenvalue weighted by molar-refractivity contribution is 5.81. The third-order valence-corrected chi connectivity index (χ3v) is 3.53. The van der Waals surface area contributed by atoms with Crippen LogP contribution in [0.1, 0.15) is 11.6 Å².